The van der Waals surface area contributed by atoms with E-state index in [9.17, 15) is 13.2 Å². The van der Waals surface area contributed by atoms with Crippen LogP contribution in [0.1, 0.15) is 39.5 Å². The number of hydrogen-bond donors (Lipinski definition) is 2. The van der Waals surface area contributed by atoms with Gasteiger partial charge in [-0.15, -0.1) is 0 Å². The summed E-state index contributed by atoms with van der Waals surface area (Å²) in [6.07, 6.45) is 5.79. The van der Waals surface area contributed by atoms with Gasteiger partial charge in [0.1, 0.15) is 11.5 Å². The number of sulfonamides is 1. The highest BCUT2D eigenvalue weighted by atomic mass is 32.2. The molecule has 1 fully saturated rings. The molecular weight excluding hydrogens is 400 g/mol. The number of nitrogens with one attached hydrogen (secondary N) is 2. The third kappa shape index (κ3) is 3.92. The fourth-order valence-electron chi connectivity index (χ4n) is 3.77. The van der Waals surface area contributed by atoms with Crippen LogP contribution in [0.15, 0.2) is 42.6 Å². The zero-order valence-corrected chi connectivity index (χ0v) is 17.9. The van der Waals surface area contributed by atoms with Gasteiger partial charge < -0.3 is 4.98 Å². The number of carbonyl (C=O) groups is 1. The van der Waals surface area contributed by atoms with Crippen molar-refractivity contribution >= 4 is 39.0 Å². The van der Waals surface area contributed by atoms with E-state index in [1.807, 2.05) is 44.3 Å². The van der Waals surface area contributed by atoms with Gasteiger partial charge in [-0.3, -0.25) is 14.4 Å². The number of rotatable bonds is 9. The number of pyridine rings is 1. The van der Waals surface area contributed by atoms with E-state index >= 15 is 0 Å². The summed E-state index contributed by atoms with van der Waals surface area (Å²) in [6, 6.07) is 11.4. The minimum absolute atomic E-state index is 0.220. The maximum Gasteiger partial charge on any atom is 0.235 e. The van der Waals surface area contributed by atoms with E-state index in [-0.39, 0.29) is 6.04 Å². The van der Waals surface area contributed by atoms with E-state index in [4.69, 9.17) is 0 Å². The van der Waals surface area contributed by atoms with Gasteiger partial charge in [0.05, 0.1) is 5.25 Å². The average Bonchev–Trinajstić information content (AvgIpc) is 3.45. The van der Waals surface area contributed by atoms with Crippen LogP contribution in [0, 0.1) is 0 Å². The Balaban J connectivity index is 1.67. The molecule has 0 unspecified atom stereocenters. The number of benzene rings is 1. The smallest absolute Gasteiger partial charge is 0.235 e. The average molecular weight is 427 g/mol. The van der Waals surface area contributed by atoms with Gasteiger partial charge in [0.15, 0.2) is 0 Å². The first-order valence-electron chi connectivity index (χ1n) is 10.3. The summed E-state index contributed by atoms with van der Waals surface area (Å²) in [4.78, 5) is 21.0. The van der Waals surface area contributed by atoms with Crippen molar-refractivity contribution in [2.75, 3.05) is 9.62 Å². The lowest BCUT2D eigenvalue weighted by molar-refractivity contribution is -0.107. The number of amides is 1. The molecule has 30 heavy (non-hydrogen) atoms. The summed E-state index contributed by atoms with van der Waals surface area (Å²) >= 11 is 0. The van der Waals surface area contributed by atoms with Crippen molar-refractivity contribution in [3.63, 3.8) is 0 Å². The first-order valence-corrected chi connectivity index (χ1v) is 11.8. The first-order chi connectivity index (χ1) is 14.5. The molecule has 0 spiro atoms. The van der Waals surface area contributed by atoms with E-state index < -0.39 is 15.3 Å². The third-order valence-corrected chi connectivity index (χ3v) is 7.70. The lowest BCUT2D eigenvalue weighted by Crippen LogP contribution is -2.26. The first kappa shape index (κ1) is 20.4. The second kappa shape index (κ2) is 8.10. The Kier molecular flexibility index (Phi) is 5.51. The molecule has 0 radical (unpaired) electrons. The van der Waals surface area contributed by atoms with Crippen LogP contribution in [0.3, 0.4) is 0 Å². The van der Waals surface area contributed by atoms with Crippen LogP contribution in [0.2, 0.25) is 0 Å². The normalized spacial score (nSPS) is 14.2. The minimum atomic E-state index is -3.41. The van der Waals surface area contributed by atoms with Gasteiger partial charge in [-0.1, -0.05) is 26.0 Å². The molecule has 1 aliphatic rings. The van der Waals surface area contributed by atoms with Crippen molar-refractivity contribution < 1.29 is 13.2 Å². The van der Waals surface area contributed by atoms with Gasteiger partial charge in [-0.05, 0) is 61.1 Å². The van der Waals surface area contributed by atoms with Crippen LogP contribution in [0.5, 0.6) is 0 Å². The predicted octanol–water partition coefficient (Wildman–Crippen LogP) is 4.29. The maximum absolute atomic E-state index is 12.5. The number of hydrogen-bond acceptors (Lipinski definition) is 4. The zero-order valence-electron chi connectivity index (χ0n) is 17.1. The summed E-state index contributed by atoms with van der Waals surface area (Å²) in [6.45, 7) is 3.76. The fraction of sp³-hybridized carbons (Fsp3) is 0.364. The molecule has 0 atom stereocenters. The minimum Gasteiger partial charge on any atom is -0.346 e. The van der Waals surface area contributed by atoms with Gasteiger partial charge >= 0.3 is 0 Å². The van der Waals surface area contributed by atoms with E-state index in [1.54, 1.807) is 17.0 Å². The molecule has 7 nitrogen and oxygen atoms in total. The van der Waals surface area contributed by atoms with Crippen molar-refractivity contribution in [3.05, 3.63) is 42.6 Å². The molecule has 158 valence electrons. The standard InChI is InChI=1S/C22H26N4O3S/c1-3-18(4-2)30(28,29)25-16-7-5-15(6-8-16)20-13-21(26(14-27)17-9-10-17)24-22-19(20)11-12-23-22/h5-8,11-14,17-18,25H,3-4,9-10H2,1-2H3,(H,23,24). The fourth-order valence-corrected chi connectivity index (χ4v) is 5.28. The van der Waals surface area contributed by atoms with E-state index in [1.165, 1.54) is 0 Å². The summed E-state index contributed by atoms with van der Waals surface area (Å²) in [5, 5.41) is 0.543. The van der Waals surface area contributed by atoms with Crippen molar-refractivity contribution in [1.82, 2.24) is 9.97 Å². The summed E-state index contributed by atoms with van der Waals surface area (Å²) < 4.78 is 27.7. The highest BCUT2D eigenvalue weighted by Gasteiger charge is 2.30. The SMILES string of the molecule is CCC(CC)S(=O)(=O)Nc1ccc(-c2cc(N(C=O)C3CC3)nc3[nH]ccc23)cc1. The summed E-state index contributed by atoms with van der Waals surface area (Å²) in [5.41, 5.74) is 3.12. The van der Waals surface area contributed by atoms with Crippen LogP contribution in [-0.2, 0) is 14.8 Å². The van der Waals surface area contributed by atoms with Gasteiger partial charge in [0.2, 0.25) is 16.4 Å². The molecule has 1 aliphatic carbocycles. The highest BCUT2D eigenvalue weighted by Crippen LogP contribution is 2.35. The molecule has 4 rings (SSSR count). The highest BCUT2D eigenvalue weighted by molar-refractivity contribution is 7.93. The van der Waals surface area contributed by atoms with Crippen molar-refractivity contribution in [1.29, 1.82) is 0 Å². The van der Waals surface area contributed by atoms with Crippen molar-refractivity contribution in [3.8, 4) is 11.1 Å². The Bertz CT molecular complexity index is 1150. The summed E-state index contributed by atoms with van der Waals surface area (Å²) in [7, 11) is -3.41. The third-order valence-electron chi connectivity index (χ3n) is 5.64. The number of H-pyrrole nitrogens is 1. The Morgan fingerprint density at radius 2 is 1.90 bits per heavy atom. The van der Waals surface area contributed by atoms with Crippen molar-refractivity contribution in [2.45, 2.75) is 50.8 Å². The largest absolute Gasteiger partial charge is 0.346 e. The van der Waals surface area contributed by atoms with Crippen LogP contribution in [0.4, 0.5) is 11.5 Å². The Hall–Kier alpha value is -2.87. The van der Waals surface area contributed by atoms with Gasteiger partial charge in [0.25, 0.3) is 0 Å². The van der Waals surface area contributed by atoms with E-state index in [0.717, 1.165) is 35.8 Å². The maximum atomic E-state index is 12.5. The number of carbonyl (C=O) groups excluding carboxylic acids is 1. The van der Waals surface area contributed by atoms with Gasteiger partial charge in [-0.25, -0.2) is 13.4 Å². The molecular formula is C22H26N4O3S. The predicted molar refractivity (Wildman–Crippen MR) is 120 cm³/mol. The Labute approximate surface area is 176 Å². The summed E-state index contributed by atoms with van der Waals surface area (Å²) in [5.74, 6) is 0.621. The van der Waals surface area contributed by atoms with Crippen LogP contribution < -0.4 is 9.62 Å². The molecule has 2 heterocycles. The van der Waals surface area contributed by atoms with Crippen LogP contribution >= 0.6 is 0 Å². The molecule has 0 bridgehead atoms. The second-order valence-corrected chi connectivity index (χ2v) is 9.64. The quantitative estimate of drug-likeness (QED) is 0.499. The second-order valence-electron chi connectivity index (χ2n) is 7.67. The molecule has 1 aromatic carbocycles. The number of nitrogens with zero attached hydrogens (tertiary/aromatic N) is 2. The van der Waals surface area contributed by atoms with Crippen LogP contribution in [-0.4, -0.2) is 36.1 Å². The molecule has 3 aromatic rings. The van der Waals surface area contributed by atoms with Gasteiger partial charge in [0, 0.05) is 23.3 Å². The van der Waals surface area contributed by atoms with Crippen molar-refractivity contribution in [2.24, 2.45) is 0 Å². The number of anilines is 2. The Morgan fingerprint density at radius 3 is 2.50 bits per heavy atom. The van der Waals surface area contributed by atoms with Gasteiger partial charge in [-0.2, -0.15) is 0 Å². The van der Waals surface area contributed by atoms with E-state index in [2.05, 4.69) is 14.7 Å². The molecule has 8 heteroatoms. The molecule has 1 amide bonds. The zero-order chi connectivity index (χ0) is 21.3. The molecule has 0 saturated heterocycles. The lowest BCUT2D eigenvalue weighted by atomic mass is 10.0. The molecule has 0 aliphatic heterocycles. The molecule has 1 saturated carbocycles. The van der Waals surface area contributed by atoms with Crippen LogP contribution in [0.25, 0.3) is 22.2 Å². The monoisotopic (exact) mass is 426 g/mol. The Morgan fingerprint density at radius 1 is 1.20 bits per heavy atom. The number of fused-ring (bicyclic) bond motifs is 1. The lowest BCUT2D eigenvalue weighted by Gasteiger charge is -2.18. The van der Waals surface area contributed by atoms with E-state index in [0.29, 0.717) is 30.0 Å². The number of aromatic nitrogens is 2. The number of aromatic amines is 1. The topological polar surface area (TPSA) is 95.2 Å². The molecule has 2 aromatic heterocycles. The molecule has 2 N–H and O–H groups in total.